The van der Waals surface area contributed by atoms with Gasteiger partial charge in [0.1, 0.15) is 17.4 Å². The number of carbonyl (C=O) groups is 3. The summed E-state index contributed by atoms with van der Waals surface area (Å²) in [5.74, 6) is -1.76. The summed E-state index contributed by atoms with van der Waals surface area (Å²) >= 11 is 0. The van der Waals surface area contributed by atoms with Gasteiger partial charge in [-0.25, -0.2) is 0 Å². The summed E-state index contributed by atoms with van der Waals surface area (Å²) in [6, 6.07) is 14.9. The molecule has 2 unspecified atom stereocenters. The molecule has 4 aliphatic rings. The van der Waals surface area contributed by atoms with Crippen LogP contribution in [0.15, 0.2) is 79.9 Å². The van der Waals surface area contributed by atoms with Crippen molar-refractivity contribution in [2.45, 2.75) is 94.5 Å². The Morgan fingerprint density at radius 3 is 2.31 bits per heavy atom. The number of aliphatic hydroxyl groups is 1. The first-order valence-corrected chi connectivity index (χ1v) is 18.0. The highest BCUT2D eigenvalue weighted by molar-refractivity contribution is 6.03. The number of ether oxygens (including phenoxy) is 2. The Balaban J connectivity index is 1.47. The van der Waals surface area contributed by atoms with Crippen LogP contribution in [-0.4, -0.2) is 82.2 Å². The fourth-order valence-electron chi connectivity index (χ4n) is 9.29. The molecule has 1 saturated carbocycles. The second-order valence-corrected chi connectivity index (χ2v) is 13.9. The van der Waals surface area contributed by atoms with Gasteiger partial charge < -0.3 is 29.3 Å². The smallest absolute Gasteiger partial charge is 0.248 e. The van der Waals surface area contributed by atoms with Crippen LogP contribution in [0.3, 0.4) is 0 Å². The van der Waals surface area contributed by atoms with Crippen molar-refractivity contribution in [2.24, 2.45) is 11.8 Å². The van der Waals surface area contributed by atoms with Crippen molar-refractivity contribution in [3.63, 3.8) is 0 Å². The van der Waals surface area contributed by atoms with Crippen LogP contribution in [0.2, 0.25) is 0 Å². The van der Waals surface area contributed by atoms with Gasteiger partial charge in [-0.05, 0) is 68.9 Å². The zero-order valence-electron chi connectivity index (χ0n) is 29.0. The molecule has 9 nitrogen and oxygen atoms in total. The van der Waals surface area contributed by atoms with E-state index < -0.39 is 35.1 Å². The van der Waals surface area contributed by atoms with Crippen LogP contribution >= 0.6 is 0 Å². The van der Waals surface area contributed by atoms with Crippen LogP contribution in [0.25, 0.3) is 0 Å². The van der Waals surface area contributed by atoms with Crippen LogP contribution in [0.4, 0.5) is 5.69 Å². The van der Waals surface area contributed by atoms with Crippen LogP contribution in [-0.2, 0) is 19.1 Å². The molecule has 3 aliphatic heterocycles. The van der Waals surface area contributed by atoms with Crippen molar-refractivity contribution in [3.05, 3.63) is 85.5 Å². The van der Waals surface area contributed by atoms with Gasteiger partial charge in [0.15, 0.2) is 0 Å². The molecule has 0 aromatic heterocycles. The Morgan fingerprint density at radius 2 is 1.69 bits per heavy atom. The van der Waals surface area contributed by atoms with Crippen molar-refractivity contribution < 1.29 is 29.0 Å². The predicted octanol–water partition coefficient (Wildman–Crippen LogP) is 5.84. The zero-order valence-corrected chi connectivity index (χ0v) is 29.0. The topological polar surface area (TPSA) is 99.6 Å². The van der Waals surface area contributed by atoms with Gasteiger partial charge in [0, 0.05) is 24.8 Å². The molecular formula is C40H51N3O6. The fourth-order valence-corrected chi connectivity index (χ4v) is 9.29. The summed E-state index contributed by atoms with van der Waals surface area (Å²) in [5.41, 5.74) is -0.744. The maximum atomic E-state index is 15.2. The highest BCUT2D eigenvalue weighted by Gasteiger charge is 2.79. The highest BCUT2D eigenvalue weighted by atomic mass is 16.5. The molecule has 1 aliphatic carbocycles. The molecule has 3 heterocycles. The molecule has 1 spiro atoms. The minimum atomic E-state index is -1.22. The van der Waals surface area contributed by atoms with E-state index in [-0.39, 0.29) is 36.9 Å². The lowest BCUT2D eigenvalue weighted by Crippen LogP contribution is -2.59. The van der Waals surface area contributed by atoms with E-state index >= 15 is 9.59 Å². The average Bonchev–Trinajstić information content (AvgIpc) is 3.74. The molecule has 6 atom stereocenters. The summed E-state index contributed by atoms with van der Waals surface area (Å²) in [4.78, 5) is 50.5. The Labute approximate surface area is 290 Å². The van der Waals surface area contributed by atoms with Gasteiger partial charge in [-0.3, -0.25) is 14.4 Å². The second-order valence-electron chi connectivity index (χ2n) is 13.9. The quantitative estimate of drug-likeness (QED) is 0.254. The summed E-state index contributed by atoms with van der Waals surface area (Å²) in [6.45, 7) is 12.6. The zero-order chi connectivity index (χ0) is 34.8. The summed E-state index contributed by atoms with van der Waals surface area (Å²) in [7, 11) is 0. The number of amides is 3. The van der Waals surface area contributed by atoms with Crippen LogP contribution in [0, 0.1) is 11.8 Å². The molecule has 9 heteroatoms. The van der Waals surface area contributed by atoms with Crippen molar-refractivity contribution in [2.75, 3.05) is 31.2 Å². The number of rotatable bonds is 14. The third kappa shape index (κ3) is 5.88. The third-order valence-electron chi connectivity index (χ3n) is 11.5. The molecule has 49 heavy (non-hydrogen) atoms. The Morgan fingerprint density at radius 1 is 1.00 bits per heavy atom. The second kappa shape index (κ2) is 14.5. The van der Waals surface area contributed by atoms with E-state index in [0.29, 0.717) is 43.9 Å². The lowest BCUT2D eigenvalue weighted by molar-refractivity contribution is -0.158. The summed E-state index contributed by atoms with van der Waals surface area (Å²) < 4.78 is 12.8. The van der Waals surface area contributed by atoms with E-state index in [4.69, 9.17) is 9.47 Å². The Bertz CT molecular complexity index is 1520. The fraction of sp³-hybridized carbons (Fsp3) is 0.525. The lowest BCUT2D eigenvalue weighted by Gasteiger charge is -2.42. The van der Waals surface area contributed by atoms with Gasteiger partial charge in [-0.15, -0.1) is 13.2 Å². The summed E-state index contributed by atoms with van der Waals surface area (Å²) in [6.07, 6.45) is 9.94. The number of likely N-dealkylation sites (tertiary alicyclic amines) is 1. The van der Waals surface area contributed by atoms with Crippen LogP contribution < -0.4 is 9.64 Å². The van der Waals surface area contributed by atoms with Gasteiger partial charge in [0.25, 0.3) is 0 Å². The first-order valence-electron chi connectivity index (χ1n) is 18.0. The average molecular weight is 670 g/mol. The molecular weight excluding hydrogens is 618 g/mol. The van der Waals surface area contributed by atoms with Crippen LogP contribution in [0.1, 0.15) is 76.8 Å². The molecule has 2 aromatic carbocycles. The Kier molecular flexibility index (Phi) is 10.3. The van der Waals surface area contributed by atoms with Gasteiger partial charge in [0.2, 0.25) is 17.7 Å². The van der Waals surface area contributed by atoms with Gasteiger partial charge in [-0.2, -0.15) is 0 Å². The van der Waals surface area contributed by atoms with E-state index in [1.165, 1.54) is 0 Å². The minimum absolute atomic E-state index is 0.0230. The highest BCUT2D eigenvalue weighted by Crippen LogP contribution is 2.65. The largest absolute Gasteiger partial charge is 0.494 e. The van der Waals surface area contributed by atoms with Crippen molar-refractivity contribution in [1.29, 1.82) is 0 Å². The molecule has 3 saturated heterocycles. The SMILES string of the molecule is C=CCN(C(=O)[C@@H]1[C@H]2C(=O)N([C@H](CO)c3ccccc3)C(C(=O)N(CC=C)C3CCCCC3)C23CC[C@@]1(CC)O3)c1ccc(OCC)cc1. The number of nitrogens with zero attached hydrogens (tertiary/aromatic N) is 3. The molecule has 1 N–H and O–H groups in total. The van der Waals surface area contributed by atoms with Crippen molar-refractivity contribution >= 4 is 23.4 Å². The van der Waals surface area contributed by atoms with E-state index in [0.717, 1.165) is 37.7 Å². The normalized spacial score (nSPS) is 28.2. The molecule has 262 valence electrons. The number of hydrogen-bond acceptors (Lipinski definition) is 6. The molecule has 4 fully saturated rings. The van der Waals surface area contributed by atoms with E-state index in [1.807, 2.05) is 73.3 Å². The maximum absolute atomic E-state index is 15.2. The molecule has 0 radical (unpaired) electrons. The van der Waals surface area contributed by atoms with E-state index in [2.05, 4.69) is 13.2 Å². The molecule has 3 amide bonds. The van der Waals surface area contributed by atoms with Crippen molar-refractivity contribution in [1.82, 2.24) is 9.80 Å². The summed E-state index contributed by atoms with van der Waals surface area (Å²) in [5, 5.41) is 10.9. The van der Waals surface area contributed by atoms with Gasteiger partial charge in [-0.1, -0.05) is 68.7 Å². The van der Waals surface area contributed by atoms with Crippen molar-refractivity contribution in [3.8, 4) is 5.75 Å². The molecule has 6 rings (SSSR count). The maximum Gasteiger partial charge on any atom is 0.248 e. The minimum Gasteiger partial charge on any atom is -0.494 e. The van der Waals surface area contributed by atoms with Crippen LogP contribution in [0.5, 0.6) is 5.75 Å². The number of fused-ring (bicyclic) bond motifs is 1. The first kappa shape index (κ1) is 34.9. The Hall–Kier alpha value is -3.95. The number of carbonyl (C=O) groups excluding carboxylic acids is 3. The van der Waals surface area contributed by atoms with E-state index in [9.17, 15) is 9.90 Å². The first-order chi connectivity index (χ1) is 23.8. The van der Waals surface area contributed by atoms with Gasteiger partial charge in [0.05, 0.1) is 36.7 Å². The number of aliphatic hydroxyl groups excluding tert-OH is 1. The molecule has 2 aromatic rings. The third-order valence-corrected chi connectivity index (χ3v) is 11.5. The molecule has 2 bridgehead atoms. The lowest BCUT2D eigenvalue weighted by atomic mass is 9.64. The monoisotopic (exact) mass is 669 g/mol. The standard InChI is InChI=1S/C40H51N3O6/c1-5-25-41(30-19-21-31(22-20-30)48-8-4)36(45)33-34-37(46)43(32(27-44)28-15-11-9-12-16-28)35(40(34)24-23-39(33,7-3)49-40)38(47)42(26-6-2)29-17-13-10-14-18-29/h5-6,9,11-12,15-16,19-22,29,32-35,44H,1-2,7-8,10,13-14,17-18,23-27H2,3-4H3/t32-,33+,34+,35?,39-,40?/m1/s1. The number of anilines is 1. The van der Waals surface area contributed by atoms with E-state index in [1.54, 1.807) is 22.0 Å². The van der Waals surface area contributed by atoms with Gasteiger partial charge >= 0.3 is 0 Å². The predicted molar refractivity (Wildman–Crippen MR) is 189 cm³/mol. The number of hydrogen-bond donors (Lipinski definition) is 1. The number of benzene rings is 2.